The van der Waals surface area contributed by atoms with Crippen LogP contribution in [0.15, 0.2) is 40.9 Å². The SMILES string of the molecule is N#Cc1ccc(NC(=O)CSc2nnc(Cc3cccs3)n2C2CC2)cc1Cl. The van der Waals surface area contributed by atoms with E-state index in [1.54, 1.807) is 29.5 Å². The first-order valence-electron chi connectivity index (χ1n) is 8.72. The van der Waals surface area contributed by atoms with Gasteiger partial charge in [0.05, 0.1) is 16.3 Å². The first-order valence-corrected chi connectivity index (χ1v) is 11.0. The topological polar surface area (TPSA) is 83.6 Å². The lowest BCUT2D eigenvalue weighted by atomic mass is 10.2. The van der Waals surface area contributed by atoms with Gasteiger partial charge in [-0.05, 0) is 42.5 Å². The summed E-state index contributed by atoms with van der Waals surface area (Å²) in [5.74, 6) is 1.02. The van der Waals surface area contributed by atoms with Crippen molar-refractivity contribution in [1.29, 1.82) is 5.26 Å². The highest BCUT2D eigenvalue weighted by Crippen LogP contribution is 2.39. The van der Waals surface area contributed by atoms with Gasteiger partial charge < -0.3 is 9.88 Å². The zero-order chi connectivity index (χ0) is 19.5. The quantitative estimate of drug-likeness (QED) is 0.558. The molecule has 28 heavy (non-hydrogen) atoms. The maximum Gasteiger partial charge on any atom is 0.234 e. The highest BCUT2D eigenvalue weighted by molar-refractivity contribution is 7.99. The number of nitrogens with zero attached hydrogens (tertiary/aromatic N) is 4. The Morgan fingerprint density at radius 3 is 2.93 bits per heavy atom. The number of hydrogen-bond acceptors (Lipinski definition) is 6. The van der Waals surface area contributed by atoms with Gasteiger partial charge in [-0.3, -0.25) is 4.79 Å². The number of thiophene rings is 1. The molecule has 1 saturated carbocycles. The van der Waals surface area contributed by atoms with Gasteiger partial charge >= 0.3 is 0 Å². The lowest BCUT2D eigenvalue weighted by Gasteiger charge is -2.09. The number of nitrogens with one attached hydrogen (secondary N) is 1. The lowest BCUT2D eigenvalue weighted by Crippen LogP contribution is -2.14. The number of benzene rings is 1. The first-order chi connectivity index (χ1) is 13.6. The maximum absolute atomic E-state index is 12.3. The van der Waals surface area contributed by atoms with Crippen LogP contribution in [0.25, 0.3) is 0 Å². The summed E-state index contributed by atoms with van der Waals surface area (Å²) in [7, 11) is 0. The number of rotatable bonds is 7. The van der Waals surface area contributed by atoms with Crippen molar-refractivity contribution in [2.75, 3.05) is 11.1 Å². The molecule has 0 atom stereocenters. The number of carbonyl (C=O) groups excluding carboxylic acids is 1. The second kappa shape index (κ2) is 8.35. The van der Waals surface area contributed by atoms with Crippen molar-refractivity contribution in [3.8, 4) is 6.07 Å². The standard InChI is InChI=1S/C19H16ClN5OS2/c20-16-8-13(4-3-12(16)10-21)22-18(26)11-28-19-24-23-17(25(19)14-5-6-14)9-15-2-1-7-27-15/h1-4,7-8,14H,5-6,9,11H2,(H,22,26). The molecule has 0 radical (unpaired) electrons. The first kappa shape index (κ1) is 19.0. The minimum Gasteiger partial charge on any atom is -0.325 e. The van der Waals surface area contributed by atoms with E-state index in [0.717, 1.165) is 30.2 Å². The lowest BCUT2D eigenvalue weighted by molar-refractivity contribution is -0.113. The molecule has 1 fully saturated rings. The van der Waals surface area contributed by atoms with Crippen LogP contribution in [-0.4, -0.2) is 26.4 Å². The van der Waals surface area contributed by atoms with Crippen LogP contribution in [0.1, 0.15) is 35.1 Å². The van der Waals surface area contributed by atoms with Gasteiger partial charge in [0.25, 0.3) is 0 Å². The third-order valence-electron chi connectivity index (χ3n) is 4.27. The van der Waals surface area contributed by atoms with Crippen LogP contribution < -0.4 is 5.32 Å². The molecule has 1 aliphatic carbocycles. The van der Waals surface area contributed by atoms with E-state index in [0.29, 0.717) is 22.3 Å². The number of amides is 1. The van der Waals surface area contributed by atoms with E-state index in [-0.39, 0.29) is 11.7 Å². The van der Waals surface area contributed by atoms with Crippen LogP contribution in [0.2, 0.25) is 5.02 Å². The van der Waals surface area contributed by atoms with Crippen LogP contribution in [0.4, 0.5) is 5.69 Å². The average Bonchev–Trinajstić information content (AvgIpc) is 3.23. The monoisotopic (exact) mass is 429 g/mol. The summed E-state index contributed by atoms with van der Waals surface area (Å²) in [5, 5.41) is 23.6. The Hall–Kier alpha value is -2.34. The van der Waals surface area contributed by atoms with Crippen molar-refractivity contribution in [2.45, 2.75) is 30.5 Å². The number of thioether (sulfide) groups is 1. The van der Waals surface area contributed by atoms with Gasteiger partial charge in [-0.1, -0.05) is 29.4 Å². The normalized spacial score (nSPS) is 13.3. The average molecular weight is 430 g/mol. The molecule has 4 rings (SSSR count). The number of hydrogen-bond donors (Lipinski definition) is 1. The van der Waals surface area contributed by atoms with E-state index < -0.39 is 0 Å². The predicted molar refractivity (Wildman–Crippen MR) is 111 cm³/mol. The molecule has 0 bridgehead atoms. The molecule has 142 valence electrons. The fraction of sp³-hybridized carbons (Fsp3) is 0.263. The molecular formula is C19H16ClN5OS2. The molecule has 1 N–H and O–H groups in total. The van der Waals surface area contributed by atoms with Gasteiger partial charge in [0.2, 0.25) is 5.91 Å². The molecule has 2 aromatic heterocycles. The Bertz CT molecular complexity index is 1040. The third-order valence-corrected chi connectivity index (χ3v) is 6.40. The summed E-state index contributed by atoms with van der Waals surface area (Å²) >= 11 is 9.10. The summed E-state index contributed by atoms with van der Waals surface area (Å²) in [5.41, 5.74) is 0.946. The minimum atomic E-state index is -0.157. The van der Waals surface area contributed by atoms with Gasteiger partial charge in [-0.25, -0.2) is 0 Å². The van der Waals surface area contributed by atoms with Crippen molar-refractivity contribution in [2.24, 2.45) is 0 Å². The van der Waals surface area contributed by atoms with Crippen molar-refractivity contribution >= 4 is 46.3 Å². The molecule has 9 heteroatoms. The summed E-state index contributed by atoms with van der Waals surface area (Å²) in [6, 6.07) is 11.4. The van der Waals surface area contributed by atoms with E-state index in [1.165, 1.54) is 16.6 Å². The molecule has 0 saturated heterocycles. The summed E-state index contributed by atoms with van der Waals surface area (Å²) in [4.78, 5) is 13.6. The van der Waals surface area contributed by atoms with Crippen LogP contribution in [0, 0.1) is 11.3 Å². The second-order valence-electron chi connectivity index (χ2n) is 6.40. The Morgan fingerprint density at radius 1 is 1.39 bits per heavy atom. The van der Waals surface area contributed by atoms with Crippen molar-refractivity contribution < 1.29 is 4.79 Å². The smallest absolute Gasteiger partial charge is 0.234 e. The molecule has 0 aliphatic heterocycles. The Morgan fingerprint density at radius 2 is 2.25 bits per heavy atom. The fourth-order valence-electron chi connectivity index (χ4n) is 2.81. The van der Waals surface area contributed by atoms with Crippen LogP contribution in [0.5, 0.6) is 0 Å². The fourth-order valence-corrected chi connectivity index (χ4v) is 4.55. The van der Waals surface area contributed by atoms with Gasteiger partial charge in [0.15, 0.2) is 5.16 Å². The zero-order valence-electron chi connectivity index (χ0n) is 14.8. The van der Waals surface area contributed by atoms with Gasteiger partial charge in [0.1, 0.15) is 11.9 Å². The van der Waals surface area contributed by atoms with E-state index in [4.69, 9.17) is 16.9 Å². The Kier molecular flexibility index (Phi) is 5.67. The van der Waals surface area contributed by atoms with E-state index >= 15 is 0 Å². The van der Waals surface area contributed by atoms with Crippen LogP contribution in [0.3, 0.4) is 0 Å². The second-order valence-corrected chi connectivity index (χ2v) is 8.78. The summed E-state index contributed by atoms with van der Waals surface area (Å²) in [6.07, 6.45) is 3.01. The van der Waals surface area contributed by atoms with E-state index in [1.807, 2.05) is 12.1 Å². The van der Waals surface area contributed by atoms with Gasteiger partial charge in [-0.2, -0.15) is 5.26 Å². The third kappa shape index (κ3) is 4.38. The molecule has 2 heterocycles. The van der Waals surface area contributed by atoms with Crippen molar-refractivity contribution in [1.82, 2.24) is 14.8 Å². The number of halogens is 1. The largest absolute Gasteiger partial charge is 0.325 e. The highest BCUT2D eigenvalue weighted by Gasteiger charge is 2.30. The van der Waals surface area contributed by atoms with Crippen molar-refractivity contribution in [3.05, 3.63) is 57.0 Å². The van der Waals surface area contributed by atoms with Crippen LogP contribution in [-0.2, 0) is 11.2 Å². The summed E-state index contributed by atoms with van der Waals surface area (Å²) in [6.45, 7) is 0. The van der Waals surface area contributed by atoms with Crippen LogP contribution >= 0.6 is 34.7 Å². The number of nitriles is 1. The minimum absolute atomic E-state index is 0.157. The summed E-state index contributed by atoms with van der Waals surface area (Å²) < 4.78 is 2.18. The molecule has 1 aromatic carbocycles. The molecular weight excluding hydrogens is 414 g/mol. The zero-order valence-corrected chi connectivity index (χ0v) is 17.2. The molecule has 3 aromatic rings. The van der Waals surface area contributed by atoms with Crippen molar-refractivity contribution in [3.63, 3.8) is 0 Å². The number of anilines is 1. The predicted octanol–water partition coefficient (Wildman–Crippen LogP) is 4.52. The Balaban J connectivity index is 1.40. The molecule has 1 amide bonds. The molecule has 6 nitrogen and oxygen atoms in total. The van der Waals surface area contributed by atoms with E-state index in [9.17, 15) is 4.79 Å². The molecule has 0 unspecified atom stereocenters. The van der Waals surface area contributed by atoms with Gasteiger partial charge in [0, 0.05) is 23.0 Å². The molecule has 0 spiro atoms. The molecule has 1 aliphatic rings. The number of carbonyl (C=O) groups is 1. The highest BCUT2D eigenvalue weighted by atomic mass is 35.5. The van der Waals surface area contributed by atoms with E-state index in [2.05, 4.69) is 31.5 Å². The Labute approximate surface area is 175 Å². The maximum atomic E-state index is 12.3. The van der Waals surface area contributed by atoms with Gasteiger partial charge in [-0.15, -0.1) is 21.5 Å². The number of aromatic nitrogens is 3.